The molecule has 15 heteroatoms. The van der Waals surface area contributed by atoms with E-state index in [1.54, 1.807) is 37.3 Å². The van der Waals surface area contributed by atoms with Gasteiger partial charge in [0.1, 0.15) is 22.0 Å². The van der Waals surface area contributed by atoms with Crippen LogP contribution in [0.4, 0.5) is 33.2 Å². The average molecular weight is 675 g/mol. The summed E-state index contributed by atoms with van der Waals surface area (Å²) in [6.45, 7) is 2.08. The second-order valence-corrected chi connectivity index (χ2v) is 13.4. The number of azo groups is 1. The Hall–Kier alpha value is -5.51. The maximum Gasteiger partial charge on any atom is 0.319 e. The van der Waals surface area contributed by atoms with Crippen molar-refractivity contribution in [3.63, 3.8) is 0 Å². The van der Waals surface area contributed by atoms with Crippen LogP contribution in [-0.2, 0) is 26.7 Å². The third-order valence-corrected chi connectivity index (χ3v) is 9.84. The molecule has 0 saturated heterocycles. The Morgan fingerprint density at radius 1 is 0.872 bits per heavy atom. The van der Waals surface area contributed by atoms with E-state index in [0.29, 0.717) is 17.9 Å². The fourth-order valence-corrected chi connectivity index (χ4v) is 6.94. The number of carbonyl (C=O) groups excluding carboxylic acids is 1. The predicted molar refractivity (Wildman–Crippen MR) is 179 cm³/mol. The minimum Gasteiger partial charge on any atom is -0.507 e. The Morgan fingerprint density at radius 3 is 2.23 bits per heavy atom. The topological polar surface area (TPSA) is 204 Å². The molecule has 0 aromatic heterocycles. The van der Waals surface area contributed by atoms with Gasteiger partial charge in [-0.3, -0.25) is 8.86 Å². The van der Waals surface area contributed by atoms with Gasteiger partial charge in [-0.2, -0.15) is 8.42 Å². The number of rotatable bonds is 10. The normalized spacial score (nSPS) is 11.9. The summed E-state index contributed by atoms with van der Waals surface area (Å²) in [6.07, 6.45) is 0. The van der Waals surface area contributed by atoms with Crippen LogP contribution in [0.1, 0.15) is 12.5 Å². The molecule has 242 valence electrons. The number of aromatic hydroxyl groups is 1. The van der Waals surface area contributed by atoms with Gasteiger partial charge < -0.3 is 21.5 Å². The third-order valence-electron chi connectivity index (χ3n) is 7.06. The van der Waals surface area contributed by atoms with Crippen LogP contribution in [0.25, 0.3) is 10.8 Å². The van der Waals surface area contributed by atoms with Gasteiger partial charge >= 0.3 is 6.03 Å². The van der Waals surface area contributed by atoms with Gasteiger partial charge in [0.25, 0.3) is 20.1 Å². The molecule has 0 saturated carbocycles. The molecule has 0 bridgehead atoms. The molecule has 0 unspecified atom stereocenters. The first-order valence-electron chi connectivity index (χ1n) is 14.1. The van der Waals surface area contributed by atoms with E-state index in [1.807, 2.05) is 30.3 Å². The molecule has 0 aliphatic carbocycles. The van der Waals surface area contributed by atoms with Crippen molar-refractivity contribution in [2.45, 2.75) is 23.3 Å². The van der Waals surface area contributed by atoms with E-state index in [-0.39, 0.29) is 39.3 Å². The SMILES string of the molecule is CCN(c1ccc(NC(=O)NCc2ccccc2)cc1)S(=O)(=O)c1ccccc1N=Nc1c(N)ccc2cc(S(=O)(=O)O)cc(O)c12. The first kappa shape index (κ1) is 32.9. The fourth-order valence-electron chi connectivity index (χ4n) is 4.81. The lowest BCUT2D eigenvalue weighted by molar-refractivity contribution is 0.251. The summed E-state index contributed by atoms with van der Waals surface area (Å²) in [5.74, 6) is -0.527. The first-order valence-corrected chi connectivity index (χ1v) is 17.0. The first-order chi connectivity index (χ1) is 22.4. The minimum atomic E-state index is -4.61. The standard InChI is InChI=1S/C32H30N6O7S2/c1-2-38(24-15-13-23(14-16-24)35-32(40)34-20-21-8-4-3-5-9-21)46(41,42)29-11-7-6-10-27(29)36-37-31-26(33)17-12-22-18-25(47(43,44)45)19-28(39)30(22)31/h3-19,39H,2,20,33H2,1H3,(H2,34,35,40)(H,43,44,45). The van der Waals surface area contributed by atoms with Crippen LogP contribution in [-0.4, -0.2) is 39.1 Å². The van der Waals surface area contributed by atoms with Crippen LogP contribution in [0.2, 0.25) is 0 Å². The predicted octanol–water partition coefficient (Wildman–Crippen LogP) is 6.33. The van der Waals surface area contributed by atoms with Crippen LogP contribution in [0, 0.1) is 0 Å². The molecule has 6 N–H and O–H groups in total. The van der Waals surface area contributed by atoms with E-state index in [1.165, 1.54) is 34.6 Å². The van der Waals surface area contributed by atoms with E-state index in [2.05, 4.69) is 20.9 Å². The van der Waals surface area contributed by atoms with Gasteiger partial charge in [-0.15, -0.1) is 10.2 Å². The third kappa shape index (κ3) is 7.33. The number of amides is 2. The molecule has 2 amide bonds. The van der Waals surface area contributed by atoms with Crippen LogP contribution in [0.15, 0.2) is 123 Å². The van der Waals surface area contributed by atoms with Crippen LogP contribution < -0.4 is 20.7 Å². The molecule has 5 rings (SSSR count). The number of phenols is 1. The van der Waals surface area contributed by atoms with Gasteiger partial charge in [0, 0.05) is 24.8 Å². The second-order valence-electron chi connectivity index (χ2n) is 10.2. The minimum absolute atomic E-state index is 0.0234. The summed E-state index contributed by atoms with van der Waals surface area (Å²) in [6, 6.07) is 26.1. The Balaban J connectivity index is 1.40. The highest BCUT2D eigenvalue weighted by atomic mass is 32.2. The van der Waals surface area contributed by atoms with E-state index in [9.17, 15) is 31.3 Å². The van der Waals surface area contributed by atoms with Crippen molar-refractivity contribution >= 4 is 65.4 Å². The van der Waals surface area contributed by atoms with E-state index in [4.69, 9.17) is 5.73 Å². The summed E-state index contributed by atoms with van der Waals surface area (Å²) in [5.41, 5.74) is 7.87. The number of hydrogen-bond acceptors (Lipinski definition) is 9. The number of nitrogens with two attached hydrogens (primary N) is 1. The number of urea groups is 1. The molecule has 0 aliphatic rings. The number of nitrogens with one attached hydrogen (secondary N) is 2. The molecular weight excluding hydrogens is 645 g/mol. The monoisotopic (exact) mass is 674 g/mol. The van der Waals surface area contributed by atoms with Gasteiger partial charge in [-0.05, 0) is 66.4 Å². The Morgan fingerprint density at radius 2 is 1.55 bits per heavy atom. The molecule has 5 aromatic rings. The van der Waals surface area contributed by atoms with Crippen molar-refractivity contribution in [2.75, 3.05) is 21.9 Å². The summed E-state index contributed by atoms with van der Waals surface area (Å²) < 4.78 is 61.7. The number of carbonyl (C=O) groups is 1. The van der Waals surface area contributed by atoms with Gasteiger partial charge in [0.05, 0.1) is 21.7 Å². The summed E-state index contributed by atoms with van der Waals surface area (Å²) >= 11 is 0. The largest absolute Gasteiger partial charge is 0.507 e. The van der Waals surface area contributed by atoms with Crippen LogP contribution in [0.3, 0.4) is 0 Å². The molecule has 0 heterocycles. The van der Waals surface area contributed by atoms with E-state index >= 15 is 0 Å². The number of anilines is 3. The molecular formula is C32H30N6O7S2. The smallest absolute Gasteiger partial charge is 0.319 e. The van der Waals surface area contributed by atoms with E-state index < -0.39 is 36.8 Å². The van der Waals surface area contributed by atoms with E-state index in [0.717, 1.165) is 17.7 Å². The lowest BCUT2D eigenvalue weighted by Gasteiger charge is -2.23. The van der Waals surface area contributed by atoms with Crippen molar-refractivity contribution in [2.24, 2.45) is 10.2 Å². The molecule has 5 aromatic carbocycles. The fraction of sp³-hybridized carbons (Fsp3) is 0.0938. The average Bonchev–Trinajstić information content (AvgIpc) is 3.04. The number of phenolic OH excluding ortho intramolecular Hbond substituents is 1. The van der Waals surface area contributed by atoms with Crippen LogP contribution >= 0.6 is 0 Å². The number of nitrogens with zero attached hydrogens (tertiary/aromatic N) is 3. The number of hydrogen-bond donors (Lipinski definition) is 5. The van der Waals surface area contributed by atoms with Crippen molar-refractivity contribution in [1.82, 2.24) is 5.32 Å². The highest BCUT2D eigenvalue weighted by molar-refractivity contribution is 7.93. The molecule has 0 aliphatic heterocycles. The van der Waals surface area contributed by atoms with Crippen molar-refractivity contribution in [1.29, 1.82) is 0 Å². The zero-order valence-corrected chi connectivity index (χ0v) is 26.5. The number of benzene rings is 5. The maximum absolute atomic E-state index is 13.9. The van der Waals surface area contributed by atoms with Gasteiger partial charge in [0.15, 0.2) is 0 Å². The molecule has 13 nitrogen and oxygen atoms in total. The second kappa shape index (κ2) is 13.5. The summed E-state index contributed by atoms with van der Waals surface area (Å²) in [4.78, 5) is 11.7. The Bertz CT molecular complexity index is 2190. The van der Waals surface area contributed by atoms with Gasteiger partial charge in [0.2, 0.25) is 0 Å². The highest BCUT2D eigenvalue weighted by Gasteiger charge is 2.27. The number of nitrogen functional groups attached to an aromatic ring is 1. The Labute approximate surface area is 271 Å². The maximum atomic E-state index is 13.9. The highest BCUT2D eigenvalue weighted by Crippen LogP contribution is 2.41. The van der Waals surface area contributed by atoms with Crippen LogP contribution in [0.5, 0.6) is 5.75 Å². The molecule has 0 radical (unpaired) electrons. The van der Waals surface area contributed by atoms with Crippen molar-refractivity contribution in [3.05, 3.63) is 109 Å². The Kier molecular flexibility index (Phi) is 9.41. The quantitative estimate of drug-likeness (QED) is 0.0642. The van der Waals surface area contributed by atoms with Crippen molar-refractivity contribution < 1.29 is 31.3 Å². The number of fused-ring (bicyclic) bond motifs is 1. The lowest BCUT2D eigenvalue weighted by atomic mass is 10.1. The summed E-state index contributed by atoms with van der Waals surface area (Å²) in [7, 11) is -8.80. The molecule has 0 atom stereocenters. The zero-order valence-electron chi connectivity index (χ0n) is 24.9. The molecule has 0 fully saturated rings. The van der Waals surface area contributed by atoms with Gasteiger partial charge in [-0.1, -0.05) is 48.5 Å². The molecule has 47 heavy (non-hydrogen) atoms. The zero-order chi connectivity index (χ0) is 33.8. The van der Waals surface area contributed by atoms with Gasteiger partial charge in [-0.25, -0.2) is 13.2 Å². The van der Waals surface area contributed by atoms with Crippen molar-refractivity contribution in [3.8, 4) is 5.75 Å². The number of sulfonamides is 1. The lowest BCUT2D eigenvalue weighted by Crippen LogP contribution is -2.31. The summed E-state index contributed by atoms with van der Waals surface area (Å²) in [5, 5.41) is 24.7. The molecule has 0 spiro atoms.